The Morgan fingerprint density at radius 3 is 2.29 bits per heavy atom. The number of nitrogens with two attached hydrogens (primary N) is 1. The number of amides is 1. The van der Waals surface area contributed by atoms with Crippen molar-refractivity contribution in [3.05, 3.63) is 51.6 Å². The van der Waals surface area contributed by atoms with Crippen molar-refractivity contribution in [2.24, 2.45) is 0 Å². The third kappa shape index (κ3) is 7.89. The van der Waals surface area contributed by atoms with E-state index < -0.39 is 30.1 Å². The number of rotatable bonds is 14. The smallest absolute Gasteiger partial charge is 0.412 e. The molecule has 0 fully saturated rings. The van der Waals surface area contributed by atoms with Crippen molar-refractivity contribution in [3.63, 3.8) is 0 Å². The molecule has 0 radical (unpaired) electrons. The van der Waals surface area contributed by atoms with Crippen LogP contribution in [0.3, 0.4) is 0 Å². The van der Waals surface area contributed by atoms with Crippen LogP contribution in [0.15, 0.2) is 30.3 Å². The number of benzene rings is 1. The Labute approximate surface area is 202 Å². The lowest BCUT2D eigenvalue weighted by Crippen LogP contribution is -2.29. The van der Waals surface area contributed by atoms with E-state index in [0.717, 1.165) is 11.0 Å². The SMILES string of the molecule is CCOP(=O)(Cc1ccc(CN(C(=O)O)c2cc(OCCOC)nc(N)c2[N+](=O)[O-])cc1)OCC. The van der Waals surface area contributed by atoms with Crippen LogP contribution in [0, 0.1) is 10.1 Å². The molecule has 35 heavy (non-hydrogen) atoms. The molecule has 0 spiro atoms. The van der Waals surface area contributed by atoms with Crippen LogP contribution in [0.4, 0.5) is 22.0 Å². The summed E-state index contributed by atoms with van der Waals surface area (Å²) < 4.78 is 33.6. The lowest BCUT2D eigenvalue weighted by molar-refractivity contribution is -0.383. The second kappa shape index (κ2) is 13.0. The maximum absolute atomic E-state index is 12.7. The van der Waals surface area contributed by atoms with Gasteiger partial charge in [0.1, 0.15) is 12.3 Å². The predicted octanol–water partition coefficient (Wildman–Crippen LogP) is 4.05. The van der Waals surface area contributed by atoms with E-state index in [0.29, 0.717) is 11.1 Å². The summed E-state index contributed by atoms with van der Waals surface area (Å²) in [6.45, 7) is 3.97. The zero-order valence-electron chi connectivity index (χ0n) is 19.7. The number of hydrogen-bond acceptors (Lipinski definition) is 10. The Morgan fingerprint density at radius 2 is 1.77 bits per heavy atom. The highest BCUT2D eigenvalue weighted by Gasteiger charge is 2.30. The van der Waals surface area contributed by atoms with E-state index in [4.69, 9.17) is 24.3 Å². The van der Waals surface area contributed by atoms with Gasteiger partial charge < -0.3 is 29.4 Å². The van der Waals surface area contributed by atoms with Gasteiger partial charge in [-0.15, -0.1) is 0 Å². The number of nitrogen functional groups attached to an aromatic ring is 1. The molecule has 1 amide bonds. The molecule has 1 aromatic heterocycles. The molecule has 0 aliphatic rings. The Hall–Kier alpha value is -3.25. The second-order valence-electron chi connectivity index (χ2n) is 7.10. The van der Waals surface area contributed by atoms with Crippen molar-refractivity contribution in [1.29, 1.82) is 0 Å². The molecule has 0 aliphatic carbocycles. The summed E-state index contributed by atoms with van der Waals surface area (Å²) >= 11 is 0. The maximum Gasteiger partial charge on any atom is 0.412 e. The van der Waals surface area contributed by atoms with Gasteiger partial charge in [-0.1, -0.05) is 24.3 Å². The highest BCUT2D eigenvalue weighted by Crippen LogP contribution is 2.51. The van der Waals surface area contributed by atoms with Gasteiger partial charge in [0.25, 0.3) is 0 Å². The van der Waals surface area contributed by atoms with Gasteiger partial charge in [-0.25, -0.2) is 4.79 Å². The van der Waals surface area contributed by atoms with Gasteiger partial charge in [-0.05, 0) is 25.0 Å². The number of aromatic nitrogens is 1. The first kappa shape index (κ1) is 28.0. The molecule has 13 nitrogen and oxygen atoms in total. The highest BCUT2D eigenvalue weighted by molar-refractivity contribution is 7.53. The van der Waals surface area contributed by atoms with Gasteiger partial charge >= 0.3 is 19.4 Å². The number of ether oxygens (including phenoxy) is 2. The van der Waals surface area contributed by atoms with Gasteiger partial charge in [0.15, 0.2) is 0 Å². The van der Waals surface area contributed by atoms with Crippen LogP contribution in [-0.4, -0.2) is 54.6 Å². The fourth-order valence-corrected chi connectivity index (χ4v) is 4.85. The highest BCUT2D eigenvalue weighted by atomic mass is 31.2. The zero-order valence-corrected chi connectivity index (χ0v) is 20.6. The zero-order chi connectivity index (χ0) is 26.0. The molecular formula is C21H29N4O9P. The van der Waals surface area contributed by atoms with Crippen LogP contribution in [0.25, 0.3) is 0 Å². The number of carboxylic acid groups (broad SMARTS) is 1. The summed E-state index contributed by atoms with van der Waals surface area (Å²) in [5, 5.41) is 21.5. The molecule has 0 bridgehead atoms. The molecule has 0 atom stereocenters. The van der Waals surface area contributed by atoms with Crippen LogP contribution in [0.5, 0.6) is 5.88 Å². The first-order valence-corrected chi connectivity index (χ1v) is 12.4. The van der Waals surface area contributed by atoms with E-state index in [2.05, 4.69) is 4.98 Å². The third-order valence-electron chi connectivity index (χ3n) is 4.61. The van der Waals surface area contributed by atoms with Crippen LogP contribution >= 0.6 is 7.60 Å². The molecule has 192 valence electrons. The summed E-state index contributed by atoms with van der Waals surface area (Å²) in [6, 6.07) is 7.72. The van der Waals surface area contributed by atoms with Crippen LogP contribution in [-0.2, 0) is 31.1 Å². The summed E-state index contributed by atoms with van der Waals surface area (Å²) in [7, 11) is -1.84. The van der Waals surface area contributed by atoms with Crippen LogP contribution < -0.4 is 15.4 Å². The van der Waals surface area contributed by atoms with Gasteiger partial charge in [-0.2, -0.15) is 4.98 Å². The van der Waals surface area contributed by atoms with E-state index in [9.17, 15) is 24.6 Å². The van der Waals surface area contributed by atoms with E-state index in [-0.39, 0.29) is 50.7 Å². The first-order chi connectivity index (χ1) is 16.6. The largest absolute Gasteiger partial charge is 0.475 e. The van der Waals surface area contributed by atoms with E-state index in [1.54, 1.807) is 38.1 Å². The third-order valence-corrected chi connectivity index (χ3v) is 6.66. The molecule has 3 N–H and O–H groups in total. The molecule has 1 aromatic carbocycles. The van der Waals surface area contributed by atoms with Crippen molar-refractivity contribution < 1.29 is 37.9 Å². The Morgan fingerprint density at radius 1 is 1.17 bits per heavy atom. The average Bonchev–Trinajstić information content (AvgIpc) is 2.78. The van der Waals surface area contributed by atoms with Crippen LogP contribution in [0.2, 0.25) is 0 Å². The van der Waals surface area contributed by atoms with E-state index >= 15 is 0 Å². The average molecular weight is 512 g/mol. The van der Waals surface area contributed by atoms with Crippen molar-refractivity contribution in [2.75, 3.05) is 44.2 Å². The number of nitrogens with zero attached hydrogens (tertiary/aromatic N) is 3. The molecular weight excluding hydrogens is 483 g/mol. The topological polar surface area (TPSA) is 177 Å². The number of methoxy groups -OCH3 is 1. The Bertz CT molecular complexity index is 1060. The molecule has 14 heteroatoms. The Balaban J connectivity index is 2.34. The number of nitro groups is 1. The number of anilines is 2. The minimum atomic E-state index is -3.31. The molecule has 0 saturated carbocycles. The van der Waals surface area contributed by atoms with E-state index in [1.165, 1.54) is 7.11 Å². The minimum Gasteiger partial charge on any atom is -0.475 e. The molecule has 0 unspecified atom stereocenters. The lowest BCUT2D eigenvalue weighted by Gasteiger charge is -2.21. The minimum absolute atomic E-state index is 0.0478. The standard InChI is InChI=1S/C21H29N4O9P/c1-4-33-35(30,34-5-2)14-16-8-6-15(7-9-16)13-24(21(26)27)17-12-18(32-11-10-31-3)23-20(22)19(17)25(28)29/h6-9,12H,4-5,10-11,13-14H2,1-3H3,(H2,22,23)(H,26,27). The van der Waals surface area contributed by atoms with Crippen molar-refractivity contribution in [3.8, 4) is 5.88 Å². The van der Waals surface area contributed by atoms with Gasteiger partial charge in [-0.3, -0.25) is 19.6 Å². The van der Waals surface area contributed by atoms with Gasteiger partial charge in [0, 0.05) is 13.2 Å². The molecule has 2 rings (SSSR count). The van der Waals surface area contributed by atoms with Gasteiger partial charge in [0.05, 0.1) is 37.5 Å². The summed E-state index contributed by atoms with van der Waals surface area (Å²) in [6.07, 6.45) is -1.39. The molecule has 0 aliphatic heterocycles. The second-order valence-corrected chi connectivity index (χ2v) is 9.16. The molecule has 0 saturated heterocycles. The quantitative estimate of drug-likeness (QED) is 0.161. The normalized spacial score (nSPS) is 11.3. The Kier molecular flexibility index (Phi) is 10.4. The summed E-state index contributed by atoms with van der Waals surface area (Å²) in [5.74, 6) is -0.562. The monoisotopic (exact) mass is 512 g/mol. The maximum atomic E-state index is 12.7. The number of carbonyl (C=O) groups is 1. The number of hydrogen-bond donors (Lipinski definition) is 2. The fourth-order valence-electron chi connectivity index (χ4n) is 3.15. The molecule has 2 aromatic rings. The predicted molar refractivity (Wildman–Crippen MR) is 128 cm³/mol. The number of pyridine rings is 1. The van der Waals surface area contributed by atoms with Crippen molar-refractivity contribution in [1.82, 2.24) is 4.98 Å². The van der Waals surface area contributed by atoms with Gasteiger partial charge in [0.2, 0.25) is 11.7 Å². The van der Waals surface area contributed by atoms with Crippen LogP contribution in [0.1, 0.15) is 25.0 Å². The first-order valence-electron chi connectivity index (χ1n) is 10.7. The van der Waals surface area contributed by atoms with Crippen molar-refractivity contribution in [2.45, 2.75) is 26.6 Å². The summed E-state index contributed by atoms with van der Waals surface area (Å²) in [5.41, 5.74) is 5.99. The van der Waals surface area contributed by atoms with E-state index in [1.807, 2.05) is 0 Å². The molecule has 1 heterocycles. The van der Waals surface area contributed by atoms with Crippen molar-refractivity contribution >= 4 is 30.9 Å². The fraction of sp³-hybridized carbons (Fsp3) is 0.429. The lowest BCUT2D eigenvalue weighted by atomic mass is 10.1. The summed E-state index contributed by atoms with van der Waals surface area (Å²) in [4.78, 5) is 27.5.